The van der Waals surface area contributed by atoms with Gasteiger partial charge in [-0.1, -0.05) is 36.4 Å². The smallest absolute Gasteiger partial charge is 0.328 e. The molecule has 0 heterocycles. The van der Waals surface area contributed by atoms with Gasteiger partial charge in [-0.2, -0.15) is 0 Å². The minimum absolute atomic E-state index is 0.264. The number of hydrogen-bond donors (Lipinski definition) is 1. The van der Waals surface area contributed by atoms with Crippen molar-refractivity contribution in [2.75, 3.05) is 13.2 Å². The van der Waals surface area contributed by atoms with Gasteiger partial charge in [0.1, 0.15) is 11.8 Å². The maximum Gasteiger partial charge on any atom is 0.328 e. The molecule has 0 aliphatic rings. The topological polar surface area (TPSA) is 64.6 Å². The van der Waals surface area contributed by atoms with Crippen LogP contribution < -0.4 is 10.1 Å². The van der Waals surface area contributed by atoms with Crippen LogP contribution in [0.5, 0.6) is 5.75 Å². The first kappa shape index (κ1) is 18.5. The molecule has 0 aliphatic heterocycles. The zero-order chi connectivity index (χ0) is 18.1. The van der Waals surface area contributed by atoms with Gasteiger partial charge in [0.15, 0.2) is 0 Å². The number of ether oxygens (including phenoxy) is 2. The highest BCUT2D eigenvalue weighted by molar-refractivity contribution is 5.97. The molecule has 132 valence electrons. The highest BCUT2D eigenvalue weighted by Crippen LogP contribution is 2.14. The quantitative estimate of drug-likeness (QED) is 0.750. The molecule has 5 heteroatoms. The van der Waals surface area contributed by atoms with Gasteiger partial charge in [0.25, 0.3) is 5.91 Å². The summed E-state index contributed by atoms with van der Waals surface area (Å²) < 4.78 is 10.5. The molecule has 25 heavy (non-hydrogen) atoms. The van der Waals surface area contributed by atoms with Gasteiger partial charge in [-0.25, -0.2) is 4.79 Å². The normalized spacial score (nSPS) is 11.4. The van der Waals surface area contributed by atoms with Gasteiger partial charge >= 0.3 is 5.97 Å². The van der Waals surface area contributed by atoms with Crippen molar-refractivity contribution in [3.63, 3.8) is 0 Å². The minimum atomic E-state index is -0.745. The second kappa shape index (κ2) is 9.47. The summed E-state index contributed by atoms with van der Waals surface area (Å²) in [6, 6.07) is 15.6. The van der Waals surface area contributed by atoms with Crippen molar-refractivity contribution >= 4 is 11.9 Å². The lowest BCUT2D eigenvalue weighted by Gasteiger charge is -2.17. The lowest BCUT2D eigenvalue weighted by Crippen LogP contribution is -2.43. The molecule has 0 radical (unpaired) electrons. The molecule has 1 unspecified atom stereocenters. The lowest BCUT2D eigenvalue weighted by atomic mass is 10.1. The van der Waals surface area contributed by atoms with Crippen LogP contribution >= 0.6 is 0 Å². The highest BCUT2D eigenvalue weighted by atomic mass is 16.5. The van der Waals surface area contributed by atoms with E-state index in [1.807, 2.05) is 37.3 Å². The van der Waals surface area contributed by atoms with E-state index in [-0.39, 0.29) is 12.5 Å². The van der Waals surface area contributed by atoms with E-state index in [9.17, 15) is 9.59 Å². The summed E-state index contributed by atoms with van der Waals surface area (Å²) in [5, 5.41) is 2.77. The van der Waals surface area contributed by atoms with E-state index in [0.717, 1.165) is 5.56 Å². The van der Waals surface area contributed by atoms with Crippen molar-refractivity contribution in [3.8, 4) is 5.75 Å². The summed E-state index contributed by atoms with van der Waals surface area (Å²) in [5.41, 5.74) is 1.39. The van der Waals surface area contributed by atoms with Crippen molar-refractivity contribution < 1.29 is 19.1 Å². The third-order valence-corrected chi connectivity index (χ3v) is 3.57. The van der Waals surface area contributed by atoms with Gasteiger partial charge in [-0.15, -0.1) is 0 Å². The van der Waals surface area contributed by atoms with Crippen LogP contribution in [0.3, 0.4) is 0 Å². The standard InChI is InChI=1S/C20H23NO4/c1-3-24-17-12-8-11-16(14-17)19(22)21-18(20(23)25-4-2)13-15-9-6-5-7-10-15/h5-12,14,18H,3-4,13H2,1-2H3,(H,21,22). The van der Waals surface area contributed by atoms with Crippen LogP contribution in [-0.4, -0.2) is 31.1 Å². The van der Waals surface area contributed by atoms with Crippen LogP contribution in [0.25, 0.3) is 0 Å². The van der Waals surface area contributed by atoms with E-state index in [1.54, 1.807) is 31.2 Å². The Labute approximate surface area is 148 Å². The molecule has 1 amide bonds. The Kier molecular flexibility index (Phi) is 7.01. The van der Waals surface area contributed by atoms with Crippen LogP contribution in [0.1, 0.15) is 29.8 Å². The predicted octanol–water partition coefficient (Wildman–Crippen LogP) is 2.99. The maximum atomic E-state index is 12.5. The summed E-state index contributed by atoms with van der Waals surface area (Å²) >= 11 is 0. The number of carbonyl (C=O) groups excluding carboxylic acids is 2. The molecule has 0 saturated heterocycles. The largest absolute Gasteiger partial charge is 0.494 e. The zero-order valence-electron chi connectivity index (χ0n) is 14.5. The highest BCUT2D eigenvalue weighted by Gasteiger charge is 2.23. The first-order valence-electron chi connectivity index (χ1n) is 8.38. The Morgan fingerprint density at radius 3 is 2.44 bits per heavy atom. The molecule has 2 rings (SSSR count). The van der Waals surface area contributed by atoms with Crippen LogP contribution in [0.15, 0.2) is 54.6 Å². The number of rotatable bonds is 8. The Balaban J connectivity index is 2.13. The van der Waals surface area contributed by atoms with E-state index < -0.39 is 12.0 Å². The van der Waals surface area contributed by atoms with Gasteiger partial charge in [0.2, 0.25) is 0 Å². The molecule has 0 bridgehead atoms. The van der Waals surface area contributed by atoms with Crippen molar-refractivity contribution in [2.24, 2.45) is 0 Å². The fraction of sp³-hybridized carbons (Fsp3) is 0.300. The second-order valence-electron chi connectivity index (χ2n) is 5.43. The average molecular weight is 341 g/mol. The molecule has 5 nitrogen and oxygen atoms in total. The molecule has 0 fully saturated rings. The molecule has 0 aliphatic carbocycles. The van der Waals surface area contributed by atoms with E-state index in [2.05, 4.69) is 5.32 Å². The predicted molar refractivity (Wildman–Crippen MR) is 95.6 cm³/mol. The summed E-state index contributed by atoms with van der Waals surface area (Å²) in [6.07, 6.45) is 0.372. The van der Waals surface area contributed by atoms with Crippen molar-refractivity contribution in [1.82, 2.24) is 5.32 Å². The molecule has 1 N–H and O–H groups in total. The van der Waals surface area contributed by atoms with Crippen molar-refractivity contribution in [2.45, 2.75) is 26.3 Å². The fourth-order valence-corrected chi connectivity index (χ4v) is 2.42. The molecular formula is C20H23NO4. The Morgan fingerprint density at radius 1 is 1.00 bits per heavy atom. The molecule has 1 atom stereocenters. The molecule has 2 aromatic carbocycles. The monoisotopic (exact) mass is 341 g/mol. The molecule has 0 spiro atoms. The van der Waals surface area contributed by atoms with Gasteiger partial charge < -0.3 is 14.8 Å². The Bertz CT molecular complexity index is 700. The van der Waals surface area contributed by atoms with Gasteiger partial charge in [-0.05, 0) is 37.6 Å². The number of hydrogen-bond acceptors (Lipinski definition) is 4. The summed E-state index contributed by atoms with van der Waals surface area (Å²) in [7, 11) is 0. The van der Waals surface area contributed by atoms with Gasteiger partial charge in [-0.3, -0.25) is 4.79 Å². The number of benzene rings is 2. The van der Waals surface area contributed by atoms with Gasteiger partial charge in [0, 0.05) is 12.0 Å². The van der Waals surface area contributed by atoms with Crippen LogP contribution in [0, 0.1) is 0 Å². The zero-order valence-corrected chi connectivity index (χ0v) is 14.5. The van der Waals surface area contributed by atoms with E-state index >= 15 is 0 Å². The molecule has 0 saturated carbocycles. The second-order valence-corrected chi connectivity index (χ2v) is 5.43. The number of carbonyl (C=O) groups is 2. The molecular weight excluding hydrogens is 318 g/mol. The molecule has 0 aromatic heterocycles. The summed E-state index contributed by atoms with van der Waals surface area (Å²) in [6.45, 7) is 4.40. The third-order valence-electron chi connectivity index (χ3n) is 3.57. The summed E-state index contributed by atoms with van der Waals surface area (Å²) in [5.74, 6) is -0.165. The minimum Gasteiger partial charge on any atom is -0.494 e. The average Bonchev–Trinajstić information content (AvgIpc) is 2.62. The van der Waals surface area contributed by atoms with E-state index in [4.69, 9.17) is 9.47 Å². The van der Waals surface area contributed by atoms with Crippen molar-refractivity contribution in [3.05, 3.63) is 65.7 Å². The first-order valence-corrected chi connectivity index (χ1v) is 8.38. The van der Waals surface area contributed by atoms with E-state index in [0.29, 0.717) is 24.3 Å². The van der Waals surface area contributed by atoms with Crippen LogP contribution in [0.2, 0.25) is 0 Å². The van der Waals surface area contributed by atoms with Crippen LogP contribution in [0.4, 0.5) is 0 Å². The fourth-order valence-electron chi connectivity index (χ4n) is 2.42. The number of esters is 1. The van der Waals surface area contributed by atoms with Gasteiger partial charge in [0.05, 0.1) is 13.2 Å². The number of nitrogens with one attached hydrogen (secondary N) is 1. The van der Waals surface area contributed by atoms with Crippen LogP contribution in [-0.2, 0) is 16.0 Å². The summed E-state index contributed by atoms with van der Waals surface area (Å²) in [4.78, 5) is 24.8. The third kappa shape index (κ3) is 5.64. The Hall–Kier alpha value is -2.82. The maximum absolute atomic E-state index is 12.5. The van der Waals surface area contributed by atoms with E-state index in [1.165, 1.54) is 0 Å². The van der Waals surface area contributed by atoms with Crippen molar-refractivity contribution in [1.29, 1.82) is 0 Å². The first-order chi connectivity index (χ1) is 12.1. The SMILES string of the molecule is CCOC(=O)C(Cc1ccccc1)NC(=O)c1cccc(OCC)c1. The Morgan fingerprint density at radius 2 is 1.76 bits per heavy atom. The lowest BCUT2D eigenvalue weighted by molar-refractivity contribution is -0.145. The molecule has 2 aromatic rings. The number of amides is 1.